The minimum Gasteiger partial charge on any atom is -0.320 e. The molecule has 0 amide bonds. The van der Waals surface area contributed by atoms with E-state index in [0.29, 0.717) is 4.90 Å². The van der Waals surface area contributed by atoms with E-state index in [1.165, 1.54) is 11.8 Å². The zero-order valence-corrected chi connectivity index (χ0v) is 13.2. The van der Waals surface area contributed by atoms with Gasteiger partial charge in [-0.05, 0) is 35.2 Å². The van der Waals surface area contributed by atoms with Gasteiger partial charge in [-0.2, -0.15) is 0 Å². The lowest BCUT2D eigenvalue weighted by atomic mass is 9.98. The quantitative estimate of drug-likeness (QED) is 0.923. The molecular weight excluding hydrogens is 282 g/mol. The van der Waals surface area contributed by atoms with Crippen LogP contribution in [0.1, 0.15) is 36.1 Å². The van der Waals surface area contributed by atoms with E-state index < -0.39 is 9.84 Å². The topological polar surface area (TPSA) is 60.2 Å². The first-order chi connectivity index (χ1) is 9.91. The summed E-state index contributed by atoms with van der Waals surface area (Å²) in [7, 11) is -3.16. The summed E-state index contributed by atoms with van der Waals surface area (Å²) < 4.78 is 22.9. The van der Waals surface area contributed by atoms with Crippen molar-refractivity contribution in [1.29, 1.82) is 0 Å². The Hall–Kier alpha value is -1.65. The highest BCUT2D eigenvalue weighted by molar-refractivity contribution is 7.90. The fourth-order valence-corrected chi connectivity index (χ4v) is 2.93. The average molecular weight is 303 g/mol. The van der Waals surface area contributed by atoms with E-state index in [-0.39, 0.29) is 6.04 Å². The summed E-state index contributed by atoms with van der Waals surface area (Å²) in [4.78, 5) is 0.316. The molecule has 21 heavy (non-hydrogen) atoms. The number of hydrogen-bond donors (Lipinski definition) is 1. The molecule has 1 atom stereocenters. The van der Waals surface area contributed by atoms with Crippen molar-refractivity contribution in [3.8, 4) is 0 Å². The zero-order valence-electron chi connectivity index (χ0n) is 12.4. The van der Waals surface area contributed by atoms with Crippen molar-refractivity contribution in [2.75, 3.05) is 6.26 Å². The molecule has 112 valence electrons. The van der Waals surface area contributed by atoms with E-state index >= 15 is 0 Å². The molecule has 3 nitrogen and oxygen atoms in total. The Balaban J connectivity index is 2.21. The van der Waals surface area contributed by atoms with Crippen LogP contribution in [0.15, 0.2) is 53.4 Å². The van der Waals surface area contributed by atoms with Gasteiger partial charge in [0.15, 0.2) is 9.84 Å². The number of aryl methyl sites for hydroxylation is 1. The molecule has 0 bridgehead atoms. The minimum absolute atomic E-state index is 0.241. The molecule has 2 aromatic carbocycles. The Morgan fingerprint density at radius 1 is 0.952 bits per heavy atom. The molecule has 0 aliphatic heterocycles. The van der Waals surface area contributed by atoms with Crippen LogP contribution in [-0.2, 0) is 16.3 Å². The maximum atomic E-state index is 11.5. The van der Waals surface area contributed by atoms with E-state index in [0.717, 1.165) is 24.0 Å². The third-order valence-electron chi connectivity index (χ3n) is 3.54. The lowest BCUT2D eigenvalue weighted by Gasteiger charge is -2.13. The van der Waals surface area contributed by atoms with Crippen LogP contribution in [0.5, 0.6) is 0 Å². The maximum absolute atomic E-state index is 11.5. The van der Waals surface area contributed by atoms with Crippen LogP contribution in [0.3, 0.4) is 0 Å². The van der Waals surface area contributed by atoms with Gasteiger partial charge in [-0.15, -0.1) is 0 Å². The Morgan fingerprint density at radius 2 is 1.43 bits per heavy atom. The van der Waals surface area contributed by atoms with E-state index in [1.807, 2.05) is 12.1 Å². The molecule has 0 aliphatic carbocycles. The molecule has 2 aromatic rings. The van der Waals surface area contributed by atoms with Crippen LogP contribution in [0.2, 0.25) is 0 Å². The summed E-state index contributed by atoms with van der Waals surface area (Å²) >= 11 is 0. The molecule has 0 radical (unpaired) electrons. The summed E-state index contributed by atoms with van der Waals surface area (Å²) in [5.41, 5.74) is 9.49. The zero-order chi connectivity index (χ0) is 15.5. The Bertz CT molecular complexity index is 689. The predicted molar refractivity (Wildman–Crippen MR) is 86.0 cm³/mol. The highest BCUT2D eigenvalue weighted by atomic mass is 32.2. The second-order valence-electron chi connectivity index (χ2n) is 5.31. The van der Waals surface area contributed by atoms with Gasteiger partial charge < -0.3 is 5.73 Å². The van der Waals surface area contributed by atoms with Crippen molar-refractivity contribution in [3.63, 3.8) is 0 Å². The lowest BCUT2D eigenvalue weighted by molar-refractivity contribution is 0.602. The van der Waals surface area contributed by atoms with Gasteiger partial charge in [-0.3, -0.25) is 0 Å². The van der Waals surface area contributed by atoms with Crippen molar-refractivity contribution in [3.05, 3.63) is 65.2 Å². The maximum Gasteiger partial charge on any atom is 0.175 e. The van der Waals surface area contributed by atoms with Crippen LogP contribution in [-0.4, -0.2) is 14.7 Å². The van der Waals surface area contributed by atoms with Crippen molar-refractivity contribution in [1.82, 2.24) is 0 Å². The molecular formula is C17H21NO2S. The van der Waals surface area contributed by atoms with Crippen molar-refractivity contribution in [2.45, 2.75) is 30.7 Å². The molecule has 0 saturated heterocycles. The van der Waals surface area contributed by atoms with E-state index in [1.54, 1.807) is 24.3 Å². The molecule has 0 heterocycles. The fourth-order valence-electron chi connectivity index (χ4n) is 2.30. The van der Waals surface area contributed by atoms with Crippen molar-refractivity contribution in [2.24, 2.45) is 5.73 Å². The van der Waals surface area contributed by atoms with Gasteiger partial charge in [0.25, 0.3) is 0 Å². The van der Waals surface area contributed by atoms with Gasteiger partial charge in [0.2, 0.25) is 0 Å². The molecule has 2 N–H and O–H groups in total. The molecule has 0 aliphatic rings. The normalized spacial score (nSPS) is 13.1. The first-order valence-electron chi connectivity index (χ1n) is 7.06. The van der Waals surface area contributed by atoms with Crippen LogP contribution < -0.4 is 5.73 Å². The third-order valence-corrected chi connectivity index (χ3v) is 4.67. The molecule has 1 unspecified atom stereocenters. The summed E-state index contributed by atoms with van der Waals surface area (Å²) in [5.74, 6) is 0. The number of nitrogens with two attached hydrogens (primary N) is 1. The monoisotopic (exact) mass is 303 g/mol. The second-order valence-corrected chi connectivity index (χ2v) is 7.33. The summed E-state index contributed by atoms with van der Waals surface area (Å²) in [6.07, 6.45) is 3.39. The van der Waals surface area contributed by atoms with Gasteiger partial charge in [0.1, 0.15) is 0 Å². The first kappa shape index (κ1) is 15.7. The third kappa shape index (κ3) is 3.93. The average Bonchev–Trinajstić information content (AvgIpc) is 2.47. The predicted octanol–water partition coefficient (Wildman–Crippen LogP) is 3.09. The molecule has 2 rings (SSSR count). The van der Waals surface area contributed by atoms with Gasteiger partial charge in [0, 0.05) is 6.26 Å². The van der Waals surface area contributed by atoms with Crippen LogP contribution in [0.25, 0.3) is 0 Å². The van der Waals surface area contributed by atoms with E-state index in [9.17, 15) is 8.42 Å². The number of rotatable bonds is 5. The van der Waals surface area contributed by atoms with E-state index in [4.69, 9.17) is 5.73 Å². The molecule has 0 aromatic heterocycles. The van der Waals surface area contributed by atoms with Gasteiger partial charge in [-0.1, -0.05) is 49.7 Å². The van der Waals surface area contributed by atoms with Crippen molar-refractivity contribution >= 4 is 9.84 Å². The smallest absolute Gasteiger partial charge is 0.175 e. The van der Waals surface area contributed by atoms with Gasteiger partial charge >= 0.3 is 0 Å². The molecule has 4 heteroatoms. The largest absolute Gasteiger partial charge is 0.320 e. The molecule has 0 saturated carbocycles. The summed E-state index contributed by atoms with van der Waals surface area (Å²) in [6, 6.07) is 14.8. The van der Waals surface area contributed by atoms with Crippen LogP contribution in [0, 0.1) is 0 Å². The number of hydrogen-bond acceptors (Lipinski definition) is 3. The van der Waals surface area contributed by atoms with Crippen LogP contribution >= 0.6 is 0 Å². The van der Waals surface area contributed by atoms with Gasteiger partial charge in [0.05, 0.1) is 10.9 Å². The minimum atomic E-state index is -3.16. The molecule has 0 fully saturated rings. The highest BCUT2D eigenvalue weighted by Gasteiger charge is 2.11. The first-order valence-corrected chi connectivity index (χ1v) is 8.95. The lowest BCUT2D eigenvalue weighted by Crippen LogP contribution is -2.12. The number of sulfone groups is 1. The van der Waals surface area contributed by atoms with Crippen LogP contribution in [0.4, 0.5) is 0 Å². The second kappa shape index (κ2) is 6.41. The summed E-state index contributed by atoms with van der Waals surface area (Å²) in [5, 5.41) is 0. The van der Waals surface area contributed by atoms with Gasteiger partial charge in [-0.25, -0.2) is 8.42 Å². The SMILES string of the molecule is CCCc1ccc(C(N)c2ccc(S(C)(=O)=O)cc2)cc1. The molecule has 0 spiro atoms. The highest BCUT2D eigenvalue weighted by Crippen LogP contribution is 2.22. The number of benzene rings is 2. The standard InChI is InChI=1S/C17H21NO2S/c1-3-4-13-5-7-14(8-6-13)17(18)15-9-11-16(12-10-15)21(2,19)20/h5-12,17H,3-4,18H2,1-2H3. The fraction of sp³-hybridized carbons (Fsp3) is 0.294. The Labute approximate surface area is 126 Å². The Morgan fingerprint density at radius 3 is 1.86 bits per heavy atom. The summed E-state index contributed by atoms with van der Waals surface area (Å²) in [6.45, 7) is 2.16. The van der Waals surface area contributed by atoms with E-state index in [2.05, 4.69) is 19.1 Å². The Kier molecular flexibility index (Phi) is 4.80. The van der Waals surface area contributed by atoms with Crippen molar-refractivity contribution < 1.29 is 8.42 Å².